The lowest BCUT2D eigenvalue weighted by molar-refractivity contribution is 0.0337. The maximum absolute atomic E-state index is 5.69. The van der Waals surface area contributed by atoms with Crippen molar-refractivity contribution in [3.63, 3.8) is 0 Å². The van der Waals surface area contributed by atoms with Crippen molar-refractivity contribution < 1.29 is 0 Å². The molecule has 1 saturated carbocycles. The van der Waals surface area contributed by atoms with Crippen LogP contribution in [-0.2, 0) is 0 Å². The SMILES string of the molecule is CC1CN(C)CC(CCN)N1C1CC1. The largest absolute Gasteiger partial charge is 0.330 e. The number of hydrogen-bond acceptors (Lipinski definition) is 3. The molecule has 1 aliphatic heterocycles. The fourth-order valence-corrected chi connectivity index (χ4v) is 2.90. The average Bonchev–Trinajstić information content (AvgIpc) is 2.87. The summed E-state index contributed by atoms with van der Waals surface area (Å²) in [6.45, 7) is 5.61. The number of nitrogens with zero attached hydrogens (tertiary/aromatic N) is 2. The van der Waals surface area contributed by atoms with Gasteiger partial charge in [-0.2, -0.15) is 0 Å². The molecule has 2 aliphatic rings. The van der Waals surface area contributed by atoms with Gasteiger partial charge in [-0.25, -0.2) is 0 Å². The monoisotopic (exact) mass is 197 g/mol. The van der Waals surface area contributed by atoms with Crippen LogP contribution < -0.4 is 5.73 Å². The van der Waals surface area contributed by atoms with Crippen LogP contribution in [0.15, 0.2) is 0 Å². The molecule has 0 aromatic rings. The predicted octanol–water partition coefficient (Wildman–Crippen LogP) is 0.502. The molecule has 2 atom stereocenters. The molecule has 2 N–H and O–H groups in total. The van der Waals surface area contributed by atoms with Crippen LogP contribution in [-0.4, -0.2) is 54.6 Å². The Balaban J connectivity index is 2.00. The van der Waals surface area contributed by atoms with Crippen LogP contribution in [0.4, 0.5) is 0 Å². The van der Waals surface area contributed by atoms with Crippen molar-refractivity contribution in [2.45, 2.75) is 44.3 Å². The fraction of sp³-hybridized carbons (Fsp3) is 1.00. The Kier molecular flexibility index (Phi) is 3.10. The summed E-state index contributed by atoms with van der Waals surface area (Å²) in [6.07, 6.45) is 3.98. The highest BCUT2D eigenvalue weighted by Crippen LogP contribution is 2.33. The zero-order valence-electron chi connectivity index (χ0n) is 9.45. The van der Waals surface area contributed by atoms with E-state index in [1.165, 1.54) is 25.9 Å². The van der Waals surface area contributed by atoms with Crippen LogP contribution >= 0.6 is 0 Å². The lowest BCUT2D eigenvalue weighted by Crippen LogP contribution is -2.57. The molecule has 14 heavy (non-hydrogen) atoms. The smallest absolute Gasteiger partial charge is 0.0241 e. The van der Waals surface area contributed by atoms with Gasteiger partial charge in [0.25, 0.3) is 0 Å². The highest BCUT2D eigenvalue weighted by molar-refractivity contribution is 4.95. The number of nitrogens with two attached hydrogens (primary N) is 1. The molecular weight excluding hydrogens is 174 g/mol. The third kappa shape index (κ3) is 2.10. The van der Waals surface area contributed by atoms with E-state index in [0.717, 1.165) is 25.0 Å². The molecule has 2 unspecified atom stereocenters. The van der Waals surface area contributed by atoms with Crippen molar-refractivity contribution in [3.8, 4) is 0 Å². The van der Waals surface area contributed by atoms with Crippen LogP contribution in [0.1, 0.15) is 26.2 Å². The molecule has 0 spiro atoms. The first kappa shape index (κ1) is 10.4. The zero-order valence-corrected chi connectivity index (χ0v) is 9.45. The Morgan fingerprint density at radius 3 is 2.57 bits per heavy atom. The standard InChI is InChI=1S/C11H23N3/c1-9-7-13(2)8-11(5-6-12)14(9)10-3-4-10/h9-11H,3-8,12H2,1-2H3. The van der Waals surface area contributed by atoms with Gasteiger partial charge >= 0.3 is 0 Å². The third-order valence-electron chi connectivity index (χ3n) is 3.50. The Morgan fingerprint density at radius 2 is 2.00 bits per heavy atom. The van der Waals surface area contributed by atoms with Crippen LogP contribution in [0.25, 0.3) is 0 Å². The topological polar surface area (TPSA) is 32.5 Å². The second-order valence-electron chi connectivity index (χ2n) is 4.98. The van der Waals surface area contributed by atoms with Gasteiger partial charge in [0.15, 0.2) is 0 Å². The van der Waals surface area contributed by atoms with Crippen molar-refractivity contribution in [2.24, 2.45) is 5.73 Å². The lowest BCUT2D eigenvalue weighted by atomic mass is 10.0. The van der Waals surface area contributed by atoms with Crippen LogP contribution in [0, 0.1) is 0 Å². The Labute approximate surface area is 87.2 Å². The van der Waals surface area contributed by atoms with Crippen LogP contribution in [0.2, 0.25) is 0 Å². The van der Waals surface area contributed by atoms with Crippen LogP contribution in [0.5, 0.6) is 0 Å². The van der Waals surface area contributed by atoms with E-state index in [1.807, 2.05) is 0 Å². The molecule has 1 saturated heterocycles. The Hall–Kier alpha value is -0.120. The van der Waals surface area contributed by atoms with Crippen molar-refractivity contribution in [3.05, 3.63) is 0 Å². The van der Waals surface area contributed by atoms with Gasteiger partial charge in [0, 0.05) is 31.2 Å². The lowest BCUT2D eigenvalue weighted by Gasteiger charge is -2.45. The summed E-state index contributed by atoms with van der Waals surface area (Å²) < 4.78 is 0. The molecule has 1 heterocycles. The van der Waals surface area contributed by atoms with E-state index < -0.39 is 0 Å². The quantitative estimate of drug-likeness (QED) is 0.715. The summed E-state index contributed by atoms with van der Waals surface area (Å²) in [5.41, 5.74) is 5.69. The summed E-state index contributed by atoms with van der Waals surface area (Å²) in [5, 5.41) is 0. The van der Waals surface area contributed by atoms with E-state index in [4.69, 9.17) is 5.73 Å². The molecule has 2 rings (SSSR count). The summed E-state index contributed by atoms with van der Waals surface area (Å²) in [7, 11) is 2.23. The van der Waals surface area contributed by atoms with E-state index in [0.29, 0.717) is 6.04 Å². The predicted molar refractivity (Wildman–Crippen MR) is 59.3 cm³/mol. The molecular formula is C11H23N3. The molecule has 0 bridgehead atoms. The summed E-state index contributed by atoms with van der Waals surface area (Å²) in [6, 6.07) is 2.31. The second-order valence-corrected chi connectivity index (χ2v) is 4.98. The highest BCUT2D eigenvalue weighted by atomic mass is 15.3. The summed E-state index contributed by atoms with van der Waals surface area (Å²) in [5.74, 6) is 0. The van der Waals surface area contributed by atoms with E-state index in [2.05, 4.69) is 23.8 Å². The maximum atomic E-state index is 5.69. The van der Waals surface area contributed by atoms with Crippen LogP contribution in [0.3, 0.4) is 0 Å². The molecule has 0 aromatic heterocycles. The third-order valence-corrected chi connectivity index (χ3v) is 3.50. The minimum Gasteiger partial charge on any atom is -0.330 e. The molecule has 0 aromatic carbocycles. The minimum atomic E-state index is 0.709. The minimum absolute atomic E-state index is 0.709. The molecule has 82 valence electrons. The second kappa shape index (κ2) is 4.17. The van der Waals surface area contributed by atoms with Gasteiger partial charge in [-0.1, -0.05) is 0 Å². The first-order valence-electron chi connectivity index (χ1n) is 5.88. The van der Waals surface area contributed by atoms with Gasteiger partial charge in [-0.3, -0.25) is 4.90 Å². The molecule has 0 radical (unpaired) electrons. The van der Waals surface area contributed by atoms with Crippen molar-refractivity contribution in [1.82, 2.24) is 9.80 Å². The van der Waals surface area contributed by atoms with Gasteiger partial charge in [0.2, 0.25) is 0 Å². The number of rotatable bonds is 3. The van der Waals surface area contributed by atoms with Crippen molar-refractivity contribution >= 4 is 0 Å². The van der Waals surface area contributed by atoms with E-state index >= 15 is 0 Å². The molecule has 1 aliphatic carbocycles. The average molecular weight is 197 g/mol. The van der Waals surface area contributed by atoms with Crippen molar-refractivity contribution in [1.29, 1.82) is 0 Å². The van der Waals surface area contributed by atoms with E-state index in [1.54, 1.807) is 0 Å². The normalized spacial score (nSPS) is 36.2. The van der Waals surface area contributed by atoms with Gasteiger partial charge in [0.1, 0.15) is 0 Å². The zero-order chi connectivity index (χ0) is 10.1. The van der Waals surface area contributed by atoms with Gasteiger partial charge in [-0.15, -0.1) is 0 Å². The van der Waals surface area contributed by atoms with Crippen molar-refractivity contribution in [2.75, 3.05) is 26.7 Å². The molecule has 3 nitrogen and oxygen atoms in total. The first-order chi connectivity index (χ1) is 6.72. The first-order valence-corrected chi connectivity index (χ1v) is 5.88. The summed E-state index contributed by atoms with van der Waals surface area (Å²) in [4.78, 5) is 5.18. The molecule has 2 fully saturated rings. The van der Waals surface area contributed by atoms with Gasteiger partial charge in [-0.05, 0) is 39.8 Å². The number of hydrogen-bond donors (Lipinski definition) is 1. The maximum Gasteiger partial charge on any atom is 0.0241 e. The van der Waals surface area contributed by atoms with E-state index in [-0.39, 0.29) is 0 Å². The van der Waals surface area contributed by atoms with E-state index in [9.17, 15) is 0 Å². The Morgan fingerprint density at radius 1 is 1.29 bits per heavy atom. The molecule has 3 heteroatoms. The summed E-state index contributed by atoms with van der Waals surface area (Å²) >= 11 is 0. The number of likely N-dealkylation sites (N-methyl/N-ethyl adjacent to an activating group) is 1. The highest BCUT2D eigenvalue weighted by Gasteiger charge is 2.39. The Bertz CT molecular complexity index is 191. The molecule has 0 amide bonds. The van der Waals surface area contributed by atoms with Gasteiger partial charge in [0.05, 0.1) is 0 Å². The van der Waals surface area contributed by atoms with Gasteiger partial charge < -0.3 is 10.6 Å². The fourth-order valence-electron chi connectivity index (χ4n) is 2.90. The number of piperazine rings is 1.